The Balaban J connectivity index is 3.10. The quantitative estimate of drug-likeness (QED) is 0.645. The van der Waals surface area contributed by atoms with Crippen molar-refractivity contribution in [3.05, 3.63) is 40.0 Å². The summed E-state index contributed by atoms with van der Waals surface area (Å²) in [6, 6.07) is 4.60. The molecule has 0 amide bonds. The fourth-order valence-electron chi connectivity index (χ4n) is 0.854. The normalized spacial score (nSPS) is 9.92. The maximum absolute atomic E-state index is 12.8. The summed E-state index contributed by atoms with van der Waals surface area (Å²) in [5, 5.41) is 0. The van der Waals surface area contributed by atoms with Crippen LogP contribution in [0.25, 0.3) is 0 Å². The van der Waals surface area contributed by atoms with Crippen molar-refractivity contribution in [1.82, 2.24) is 0 Å². The van der Waals surface area contributed by atoms with Crippen LogP contribution in [0.4, 0.5) is 4.39 Å². The number of benzene rings is 1. The van der Waals surface area contributed by atoms with Crippen LogP contribution in [-0.2, 0) is 0 Å². The molecule has 0 nitrogen and oxygen atoms in total. The Morgan fingerprint density at radius 3 is 2.67 bits per heavy atom. The van der Waals surface area contributed by atoms with Gasteiger partial charge >= 0.3 is 0 Å². The summed E-state index contributed by atoms with van der Waals surface area (Å²) in [6.45, 7) is 1.78. The van der Waals surface area contributed by atoms with Crippen molar-refractivity contribution in [2.45, 2.75) is 6.92 Å². The number of halogens is 2. The summed E-state index contributed by atoms with van der Waals surface area (Å²) in [5.41, 5.74) is 0.740. The van der Waals surface area contributed by atoms with Gasteiger partial charge in [0.1, 0.15) is 5.82 Å². The van der Waals surface area contributed by atoms with Crippen molar-refractivity contribution in [3.63, 3.8) is 0 Å². The lowest BCUT2D eigenvalue weighted by Gasteiger charge is -2.03. The van der Waals surface area contributed by atoms with Crippen molar-refractivity contribution >= 4 is 15.9 Å². The predicted octanol–water partition coefficient (Wildman–Crippen LogP) is 3.16. The minimum Gasteiger partial charge on any atom is -0.207 e. The first kappa shape index (κ1) is 9.28. The highest BCUT2D eigenvalue weighted by atomic mass is 79.9. The third-order valence-corrected chi connectivity index (χ3v) is 1.97. The van der Waals surface area contributed by atoms with E-state index >= 15 is 0 Å². The molecule has 0 aliphatic heterocycles. The lowest BCUT2D eigenvalue weighted by Crippen LogP contribution is -1.91. The van der Waals surface area contributed by atoms with Crippen molar-refractivity contribution in [2.75, 3.05) is 0 Å². The monoisotopic (exact) mass is 225 g/mol. The van der Waals surface area contributed by atoms with Gasteiger partial charge in [-0.2, -0.15) is 0 Å². The second-order valence-electron chi connectivity index (χ2n) is 2.43. The molecule has 0 spiro atoms. The van der Waals surface area contributed by atoms with Crippen LogP contribution in [0.5, 0.6) is 0 Å². The minimum absolute atomic E-state index is 0.283. The molecule has 12 heavy (non-hydrogen) atoms. The van der Waals surface area contributed by atoms with Gasteiger partial charge in [-0.1, -0.05) is 21.9 Å². The smallest absolute Gasteiger partial charge is 0.124 e. The Hall–Kier alpha value is -0.810. The van der Waals surface area contributed by atoms with E-state index in [1.54, 1.807) is 13.0 Å². The molecule has 61 valence electrons. The topological polar surface area (TPSA) is 0 Å². The zero-order valence-corrected chi connectivity index (χ0v) is 8.15. The van der Waals surface area contributed by atoms with Crippen LogP contribution in [0.1, 0.15) is 12.5 Å². The highest BCUT2D eigenvalue weighted by Crippen LogP contribution is 2.20. The van der Waals surface area contributed by atoms with Gasteiger partial charge < -0.3 is 0 Å². The van der Waals surface area contributed by atoms with Crippen LogP contribution in [0.15, 0.2) is 22.7 Å². The first-order chi connectivity index (χ1) is 5.63. The second kappa shape index (κ2) is 3.73. The second-order valence-corrected chi connectivity index (χ2v) is 3.34. The standard InChI is InChI=1S/C10H7BrF/c1-3-7(2)8-4-9(11)6-10(12)5-8/h1,4-6H,2H3. The first-order valence-corrected chi connectivity index (χ1v) is 4.19. The van der Waals surface area contributed by atoms with E-state index in [1.807, 2.05) is 0 Å². The fourth-order valence-corrected chi connectivity index (χ4v) is 1.32. The van der Waals surface area contributed by atoms with E-state index in [0.29, 0.717) is 4.47 Å². The Morgan fingerprint density at radius 2 is 2.17 bits per heavy atom. The van der Waals surface area contributed by atoms with Crippen LogP contribution in [0.3, 0.4) is 0 Å². The molecule has 0 aromatic heterocycles. The molecule has 0 atom stereocenters. The third kappa shape index (κ3) is 2.09. The summed E-state index contributed by atoms with van der Waals surface area (Å²) in [6.07, 6.45) is 5.18. The van der Waals surface area contributed by atoms with Crippen LogP contribution in [0.2, 0.25) is 0 Å². The van der Waals surface area contributed by atoms with Gasteiger partial charge in [0, 0.05) is 4.47 Å². The van der Waals surface area contributed by atoms with Crippen molar-refractivity contribution < 1.29 is 4.39 Å². The molecule has 2 heteroatoms. The first-order valence-electron chi connectivity index (χ1n) is 3.40. The van der Waals surface area contributed by atoms with Crippen LogP contribution < -0.4 is 0 Å². The van der Waals surface area contributed by atoms with Gasteiger partial charge in [0.2, 0.25) is 0 Å². The molecule has 1 aromatic carbocycles. The molecule has 0 aliphatic rings. The SMILES string of the molecule is C#C[C](C)c1cc(F)cc(Br)c1. The fraction of sp³-hybridized carbons (Fsp3) is 0.100. The molecule has 0 fully saturated rings. The zero-order chi connectivity index (χ0) is 9.14. The zero-order valence-electron chi connectivity index (χ0n) is 6.57. The molecule has 0 saturated carbocycles. The minimum atomic E-state index is -0.283. The Kier molecular flexibility index (Phi) is 2.88. The maximum Gasteiger partial charge on any atom is 0.124 e. The Morgan fingerprint density at radius 1 is 1.50 bits per heavy atom. The van der Waals surface area contributed by atoms with Crippen LogP contribution in [-0.4, -0.2) is 0 Å². The average molecular weight is 226 g/mol. The predicted molar refractivity (Wildman–Crippen MR) is 51.0 cm³/mol. The number of terminal acetylenes is 1. The van der Waals surface area contributed by atoms with E-state index in [4.69, 9.17) is 6.42 Å². The number of rotatable bonds is 1. The third-order valence-electron chi connectivity index (χ3n) is 1.51. The van der Waals surface area contributed by atoms with Gasteiger partial charge in [-0.3, -0.25) is 0 Å². The van der Waals surface area contributed by atoms with Crippen molar-refractivity contribution in [1.29, 1.82) is 0 Å². The van der Waals surface area contributed by atoms with E-state index in [9.17, 15) is 4.39 Å². The molecule has 1 radical (unpaired) electrons. The van der Waals surface area contributed by atoms with E-state index in [0.717, 1.165) is 11.5 Å². The molecule has 1 aromatic rings. The summed E-state index contributed by atoms with van der Waals surface area (Å²) in [7, 11) is 0. The maximum atomic E-state index is 12.8. The molecule has 0 unspecified atom stereocenters. The van der Waals surface area contributed by atoms with E-state index < -0.39 is 0 Å². The van der Waals surface area contributed by atoms with Gasteiger partial charge in [0.15, 0.2) is 0 Å². The number of hydrogen-bond acceptors (Lipinski definition) is 0. The van der Waals surface area contributed by atoms with Crippen LogP contribution >= 0.6 is 15.9 Å². The van der Waals surface area contributed by atoms with Gasteiger partial charge in [0.25, 0.3) is 0 Å². The summed E-state index contributed by atoms with van der Waals surface area (Å²) >= 11 is 3.19. The molecular formula is C10H7BrF. The molecule has 1 rings (SSSR count). The van der Waals surface area contributed by atoms with Gasteiger partial charge in [-0.25, -0.2) is 4.39 Å². The summed E-state index contributed by atoms with van der Waals surface area (Å²) in [5.74, 6) is 2.91. The van der Waals surface area contributed by atoms with Crippen molar-refractivity contribution in [3.8, 4) is 12.3 Å². The lowest BCUT2D eigenvalue weighted by molar-refractivity contribution is 0.625. The molecule has 0 saturated heterocycles. The molecule has 0 heterocycles. The summed E-state index contributed by atoms with van der Waals surface area (Å²) in [4.78, 5) is 0. The number of hydrogen-bond donors (Lipinski definition) is 0. The van der Waals surface area contributed by atoms with Gasteiger partial charge in [-0.15, -0.1) is 6.42 Å². The van der Waals surface area contributed by atoms with E-state index in [-0.39, 0.29) is 5.82 Å². The van der Waals surface area contributed by atoms with E-state index in [1.165, 1.54) is 12.1 Å². The van der Waals surface area contributed by atoms with E-state index in [2.05, 4.69) is 21.9 Å². The lowest BCUT2D eigenvalue weighted by atomic mass is 10.0. The average Bonchev–Trinajstić information content (AvgIpc) is 2.01. The Labute approximate surface area is 79.9 Å². The van der Waals surface area contributed by atoms with Gasteiger partial charge in [-0.05, 0) is 30.7 Å². The highest BCUT2D eigenvalue weighted by Gasteiger charge is 2.04. The largest absolute Gasteiger partial charge is 0.207 e. The molecule has 0 N–H and O–H groups in total. The Bertz CT molecular complexity index is 305. The highest BCUT2D eigenvalue weighted by molar-refractivity contribution is 9.10. The molecular weight excluding hydrogens is 219 g/mol. The molecule has 0 aliphatic carbocycles. The van der Waals surface area contributed by atoms with Gasteiger partial charge in [0.05, 0.1) is 5.92 Å². The van der Waals surface area contributed by atoms with Crippen molar-refractivity contribution in [2.24, 2.45) is 0 Å². The summed E-state index contributed by atoms with van der Waals surface area (Å²) < 4.78 is 13.5. The van der Waals surface area contributed by atoms with Crippen LogP contribution in [0, 0.1) is 24.1 Å². The molecule has 0 bridgehead atoms.